The molecule has 0 N–H and O–H groups in total. The number of alkyl halides is 1. The fraction of sp³-hybridized carbons (Fsp3) is 0.462. The van der Waals surface area contributed by atoms with E-state index in [-0.39, 0.29) is 17.2 Å². The minimum Gasteiger partial charge on any atom is -0.339 e. The smallest absolute Gasteiger partial charge is 0.285 e. The molecule has 104 valence electrons. The van der Waals surface area contributed by atoms with Gasteiger partial charge < -0.3 is 4.90 Å². The lowest BCUT2D eigenvalue weighted by Crippen LogP contribution is -2.32. The highest BCUT2D eigenvalue weighted by atomic mass is 35.5. The maximum atomic E-state index is 12.3. The minimum absolute atomic E-state index is 0.114. The van der Waals surface area contributed by atoms with Crippen LogP contribution in [0.15, 0.2) is 18.2 Å². The Morgan fingerprint density at radius 3 is 2.68 bits per heavy atom. The molecule has 0 spiro atoms. The molecule has 0 bridgehead atoms. The summed E-state index contributed by atoms with van der Waals surface area (Å²) in [6, 6.07) is 4.78. The summed E-state index contributed by atoms with van der Waals surface area (Å²) >= 11 is 5.61. The number of aryl methyl sites for hydroxylation is 1. The lowest BCUT2D eigenvalue weighted by molar-refractivity contribution is -0.385. The molecule has 0 aromatic heterocycles. The summed E-state index contributed by atoms with van der Waals surface area (Å²) in [5.41, 5.74) is 0.516. The summed E-state index contributed by atoms with van der Waals surface area (Å²) in [6.45, 7) is 4.47. The number of nitro benzene ring substituents is 1. The van der Waals surface area contributed by atoms with E-state index in [0.717, 1.165) is 0 Å². The Hall–Kier alpha value is -1.62. The van der Waals surface area contributed by atoms with Gasteiger partial charge in [0.1, 0.15) is 5.56 Å². The molecular formula is C13H17ClN2O3. The van der Waals surface area contributed by atoms with Crippen LogP contribution in [0.1, 0.15) is 29.3 Å². The van der Waals surface area contributed by atoms with Gasteiger partial charge in [-0.2, -0.15) is 0 Å². The van der Waals surface area contributed by atoms with E-state index in [2.05, 4.69) is 0 Å². The van der Waals surface area contributed by atoms with E-state index in [1.54, 1.807) is 24.0 Å². The van der Waals surface area contributed by atoms with Crippen molar-refractivity contribution in [2.24, 2.45) is 0 Å². The summed E-state index contributed by atoms with van der Waals surface area (Å²) in [4.78, 5) is 24.5. The van der Waals surface area contributed by atoms with Gasteiger partial charge in [-0.25, -0.2) is 0 Å². The van der Waals surface area contributed by atoms with Crippen LogP contribution in [0.25, 0.3) is 0 Å². The molecule has 0 radical (unpaired) electrons. The highest BCUT2D eigenvalue weighted by Crippen LogP contribution is 2.24. The van der Waals surface area contributed by atoms with E-state index in [1.807, 2.05) is 6.92 Å². The van der Waals surface area contributed by atoms with Gasteiger partial charge in [0.25, 0.3) is 11.6 Å². The Morgan fingerprint density at radius 1 is 1.47 bits per heavy atom. The molecule has 0 heterocycles. The van der Waals surface area contributed by atoms with Crippen LogP contribution in [0.2, 0.25) is 0 Å². The number of rotatable bonds is 6. The Balaban J connectivity index is 3.11. The number of halogens is 1. The second kappa shape index (κ2) is 7.09. The summed E-state index contributed by atoms with van der Waals surface area (Å²) < 4.78 is 0. The molecule has 0 aliphatic heterocycles. The first-order valence-electron chi connectivity index (χ1n) is 6.12. The number of amides is 1. The second-order valence-electron chi connectivity index (χ2n) is 4.16. The molecule has 1 aromatic rings. The van der Waals surface area contributed by atoms with Crippen LogP contribution in [0.4, 0.5) is 5.69 Å². The zero-order chi connectivity index (χ0) is 14.4. The van der Waals surface area contributed by atoms with Crippen LogP contribution in [0.5, 0.6) is 0 Å². The molecule has 1 aromatic carbocycles. The molecule has 0 unspecified atom stereocenters. The van der Waals surface area contributed by atoms with E-state index in [0.29, 0.717) is 31.0 Å². The fourth-order valence-electron chi connectivity index (χ4n) is 1.90. The van der Waals surface area contributed by atoms with E-state index in [1.165, 1.54) is 6.07 Å². The monoisotopic (exact) mass is 284 g/mol. The number of benzene rings is 1. The zero-order valence-electron chi connectivity index (χ0n) is 11.1. The van der Waals surface area contributed by atoms with Gasteiger partial charge in [0.15, 0.2) is 0 Å². The number of hydrogen-bond acceptors (Lipinski definition) is 3. The number of nitrogens with zero attached hydrogens (tertiary/aromatic N) is 2. The molecule has 0 saturated heterocycles. The van der Waals surface area contributed by atoms with Gasteiger partial charge in [-0.3, -0.25) is 14.9 Å². The van der Waals surface area contributed by atoms with Crippen molar-refractivity contribution in [1.82, 2.24) is 4.90 Å². The number of carbonyl (C=O) groups is 1. The first-order chi connectivity index (χ1) is 9.02. The predicted octanol–water partition coefficient (Wildman–Crippen LogP) is 2.99. The van der Waals surface area contributed by atoms with Gasteiger partial charge in [0.05, 0.1) is 4.92 Å². The zero-order valence-corrected chi connectivity index (χ0v) is 11.8. The van der Waals surface area contributed by atoms with Gasteiger partial charge in [-0.1, -0.05) is 12.1 Å². The first-order valence-corrected chi connectivity index (χ1v) is 6.65. The van der Waals surface area contributed by atoms with Crippen LogP contribution in [-0.4, -0.2) is 34.7 Å². The molecule has 6 heteroatoms. The topological polar surface area (TPSA) is 63.5 Å². The van der Waals surface area contributed by atoms with Crippen LogP contribution in [-0.2, 0) is 0 Å². The maximum Gasteiger partial charge on any atom is 0.285 e. The number of hydrogen-bond donors (Lipinski definition) is 0. The Morgan fingerprint density at radius 2 is 2.16 bits per heavy atom. The van der Waals surface area contributed by atoms with Gasteiger partial charge >= 0.3 is 0 Å². The lowest BCUT2D eigenvalue weighted by Gasteiger charge is -2.20. The van der Waals surface area contributed by atoms with Crippen molar-refractivity contribution in [3.63, 3.8) is 0 Å². The quantitative estimate of drug-likeness (QED) is 0.458. The fourth-order valence-corrected chi connectivity index (χ4v) is 2.02. The largest absolute Gasteiger partial charge is 0.339 e. The highest BCUT2D eigenvalue weighted by molar-refractivity contribution is 6.17. The second-order valence-corrected chi connectivity index (χ2v) is 4.53. The van der Waals surface area contributed by atoms with Crippen molar-refractivity contribution in [3.05, 3.63) is 39.4 Å². The van der Waals surface area contributed by atoms with E-state index < -0.39 is 4.92 Å². The molecule has 1 amide bonds. The minimum atomic E-state index is -0.502. The van der Waals surface area contributed by atoms with Crippen molar-refractivity contribution in [2.75, 3.05) is 19.0 Å². The van der Waals surface area contributed by atoms with Crippen LogP contribution in [0.3, 0.4) is 0 Å². The normalized spacial score (nSPS) is 10.3. The molecule has 0 aliphatic rings. The van der Waals surface area contributed by atoms with E-state index in [9.17, 15) is 14.9 Å². The first kappa shape index (κ1) is 15.4. The molecule has 0 atom stereocenters. The average Bonchev–Trinajstić information content (AvgIpc) is 2.38. The van der Waals surface area contributed by atoms with Crippen LogP contribution >= 0.6 is 11.6 Å². The molecule has 0 aliphatic carbocycles. The molecule has 1 rings (SSSR count). The number of para-hydroxylation sites is 1. The third-order valence-corrected chi connectivity index (χ3v) is 3.15. The Labute approximate surface area is 117 Å². The van der Waals surface area contributed by atoms with E-state index in [4.69, 9.17) is 11.6 Å². The molecule has 0 saturated carbocycles. The average molecular weight is 285 g/mol. The molecular weight excluding hydrogens is 268 g/mol. The van der Waals surface area contributed by atoms with Gasteiger partial charge in [-0.05, 0) is 26.3 Å². The standard InChI is InChI=1S/C13H17ClN2O3/c1-3-15(9-5-8-14)13(17)11-7-4-6-10(2)12(11)16(18)19/h4,6-7H,3,5,8-9H2,1-2H3. The maximum absolute atomic E-state index is 12.3. The van der Waals surface area contributed by atoms with Crippen molar-refractivity contribution in [1.29, 1.82) is 0 Å². The van der Waals surface area contributed by atoms with Crippen molar-refractivity contribution in [2.45, 2.75) is 20.3 Å². The summed E-state index contributed by atoms with van der Waals surface area (Å²) in [5.74, 6) is 0.141. The Bertz CT molecular complexity index is 477. The predicted molar refractivity (Wildman–Crippen MR) is 74.7 cm³/mol. The lowest BCUT2D eigenvalue weighted by atomic mass is 10.1. The molecule has 19 heavy (non-hydrogen) atoms. The van der Waals surface area contributed by atoms with Crippen molar-refractivity contribution >= 4 is 23.2 Å². The highest BCUT2D eigenvalue weighted by Gasteiger charge is 2.25. The summed E-state index contributed by atoms with van der Waals surface area (Å²) in [5, 5.41) is 11.1. The molecule has 0 fully saturated rings. The number of carbonyl (C=O) groups excluding carboxylic acids is 1. The van der Waals surface area contributed by atoms with Crippen molar-refractivity contribution < 1.29 is 9.72 Å². The van der Waals surface area contributed by atoms with Gasteiger partial charge in [0, 0.05) is 24.5 Å². The molecule has 5 nitrogen and oxygen atoms in total. The van der Waals surface area contributed by atoms with Gasteiger partial charge in [0.2, 0.25) is 0 Å². The SMILES string of the molecule is CCN(CCCCl)C(=O)c1cccc(C)c1[N+](=O)[O-]. The van der Waals surface area contributed by atoms with Crippen LogP contribution in [0, 0.1) is 17.0 Å². The number of nitro groups is 1. The van der Waals surface area contributed by atoms with Crippen molar-refractivity contribution in [3.8, 4) is 0 Å². The third-order valence-electron chi connectivity index (χ3n) is 2.88. The summed E-state index contributed by atoms with van der Waals surface area (Å²) in [7, 11) is 0. The summed E-state index contributed by atoms with van der Waals surface area (Å²) in [6.07, 6.45) is 0.667. The van der Waals surface area contributed by atoms with E-state index >= 15 is 0 Å². The Kier molecular flexibility index (Phi) is 5.76. The third kappa shape index (κ3) is 3.67. The van der Waals surface area contributed by atoms with Crippen LogP contribution < -0.4 is 0 Å². The van der Waals surface area contributed by atoms with Gasteiger partial charge in [-0.15, -0.1) is 11.6 Å².